The average Bonchev–Trinajstić information content (AvgIpc) is 2.91. The molecule has 0 aliphatic rings. The summed E-state index contributed by atoms with van der Waals surface area (Å²) >= 11 is 1.54. The first kappa shape index (κ1) is 12.8. The quantitative estimate of drug-likeness (QED) is 0.851. The van der Waals surface area contributed by atoms with Gasteiger partial charge in [0.15, 0.2) is 0 Å². The Kier molecular flexibility index (Phi) is 3.78. The van der Waals surface area contributed by atoms with E-state index in [4.69, 9.17) is 5.73 Å². The monoisotopic (exact) mass is 264 g/mol. The zero-order valence-electron chi connectivity index (χ0n) is 10.4. The van der Waals surface area contributed by atoms with Gasteiger partial charge in [-0.3, -0.25) is 9.48 Å². The molecule has 2 aromatic rings. The Bertz CT molecular complexity index is 558. The zero-order valence-corrected chi connectivity index (χ0v) is 11.3. The molecule has 0 aliphatic heterocycles. The number of nitrogens with zero attached hydrogens (tertiary/aromatic N) is 2. The molecule has 0 saturated carbocycles. The van der Waals surface area contributed by atoms with E-state index < -0.39 is 0 Å². The number of hydrogen-bond donors (Lipinski definition) is 2. The minimum atomic E-state index is -0.374. The Labute approximate surface area is 110 Å². The molecule has 0 aromatic carbocycles. The highest BCUT2D eigenvalue weighted by Crippen LogP contribution is 2.14. The Morgan fingerprint density at radius 1 is 1.56 bits per heavy atom. The molecule has 0 spiro atoms. The summed E-state index contributed by atoms with van der Waals surface area (Å²) in [4.78, 5) is 12.1. The molecular weight excluding hydrogens is 248 g/mol. The largest absolute Gasteiger partial charge is 0.366 e. The molecule has 1 amide bonds. The van der Waals surface area contributed by atoms with Crippen molar-refractivity contribution >= 4 is 17.2 Å². The smallest absolute Gasteiger partial charge is 0.249 e. The van der Waals surface area contributed by atoms with Crippen LogP contribution in [0.1, 0.15) is 26.5 Å². The van der Waals surface area contributed by atoms with Crippen LogP contribution in [0.25, 0.3) is 0 Å². The molecule has 0 saturated heterocycles. The van der Waals surface area contributed by atoms with Gasteiger partial charge in [-0.05, 0) is 13.0 Å². The van der Waals surface area contributed by atoms with Gasteiger partial charge in [0, 0.05) is 41.7 Å². The Morgan fingerprint density at radius 2 is 2.33 bits per heavy atom. The third-order valence-electron chi connectivity index (χ3n) is 2.89. The van der Waals surface area contributed by atoms with Crippen molar-refractivity contribution in [2.24, 2.45) is 12.8 Å². The van der Waals surface area contributed by atoms with Crippen LogP contribution in [0.2, 0.25) is 0 Å². The molecule has 0 bridgehead atoms. The summed E-state index contributed by atoms with van der Waals surface area (Å²) in [5.41, 5.74) is 8.13. The summed E-state index contributed by atoms with van der Waals surface area (Å²) in [6.07, 6.45) is 1.87. The van der Waals surface area contributed by atoms with Gasteiger partial charge in [-0.1, -0.05) is 0 Å². The van der Waals surface area contributed by atoms with Gasteiger partial charge < -0.3 is 11.1 Å². The van der Waals surface area contributed by atoms with Crippen molar-refractivity contribution in [2.45, 2.75) is 20.0 Å². The summed E-state index contributed by atoms with van der Waals surface area (Å²) in [5, 5.41) is 9.30. The first-order valence-electron chi connectivity index (χ1n) is 5.63. The third-order valence-corrected chi connectivity index (χ3v) is 3.83. The van der Waals surface area contributed by atoms with E-state index in [0.717, 1.165) is 23.7 Å². The second kappa shape index (κ2) is 5.32. The topological polar surface area (TPSA) is 72.9 Å². The van der Waals surface area contributed by atoms with Crippen molar-refractivity contribution in [3.63, 3.8) is 0 Å². The van der Waals surface area contributed by atoms with Crippen LogP contribution in [0.15, 0.2) is 17.6 Å². The lowest BCUT2D eigenvalue weighted by molar-refractivity contribution is 0.100. The first-order chi connectivity index (χ1) is 8.58. The van der Waals surface area contributed by atoms with Crippen LogP contribution < -0.4 is 11.1 Å². The maximum Gasteiger partial charge on any atom is 0.249 e. The van der Waals surface area contributed by atoms with E-state index in [2.05, 4.69) is 10.4 Å². The van der Waals surface area contributed by atoms with Gasteiger partial charge in [-0.2, -0.15) is 5.10 Å². The molecule has 0 atom stereocenters. The number of rotatable bonds is 5. The molecule has 5 nitrogen and oxygen atoms in total. The van der Waals surface area contributed by atoms with Crippen LogP contribution in [0.4, 0.5) is 0 Å². The van der Waals surface area contributed by atoms with Crippen LogP contribution in [0.5, 0.6) is 0 Å². The highest BCUT2D eigenvalue weighted by Gasteiger charge is 2.06. The fraction of sp³-hybridized carbons (Fsp3) is 0.333. The van der Waals surface area contributed by atoms with Crippen LogP contribution in [-0.4, -0.2) is 15.7 Å². The highest BCUT2D eigenvalue weighted by atomic mass is 32.1. The number of amides is 1. The Morgan fingerprint density at radius 3 is 2.89 bits per heavy atom. The SMILES string of the molecule is Cc1c(CNCc2cc(C(N)=O)cs2)cnn1C. The van der Waals surface area contributed by atoms with Gasteiger partial charge in [-0.15, -0.1) is 11.3 Å². The minimum Gasteiger partial charge on any atom is -0.366 e. The number of thiophene rings is 1. The number of carbonyl (C=O) groups excluding carboxylic acids is 1. The summed E-state index contributed by atoms with van der Waals surface area (Å²) in [7, 11) is 1.93. The van der Waals surface area contributed by atoms with E-state index >= 15 is 0 Å². The molecule has 2 rings (SSSR count). The van der Waals surface area contributed by atoms with Crippen LogP contribution >= 0.6 is 11.3 Å². The molecule has 3 N–H and O–H groups in total. The summed E-state index contributed by atoms with van der Waals surface area (Å²) in [6.45, 7) is 3.54. The number of nitrogens with one attached hydrogen (secondary N) is 1. The fourth-order valence-corrected chi connectivity index (χ4v) is 2.48. The second-order valence-electron chi connectivity index (χ2n) is 4.15. The lowest BCUT2D eigenvalue weighted by Crippen LogP contribution is -2.13. The van der Waals surface area contributed by atoms with E-state index in [1.165, 1.54) is 16.9 Å². The number of hydrogen-bond acceptors (Lipinski definition) is 4. The maximum absolute atomic E-state index is 11.0. The van der Waals surface area contributed by atoms with Crippen molar-refractivity contribution in [2.75, 3.05) is 0 Å². The van der Waals surface area contributed by atoms with Gasteiger partial charge >= 0.3 is 0 Å². The van der Waals surface area contributed by atoms with Crippen molar-refractivity contribution in [3.8, 4) is 0 Å². The molecule has 0 radical (unpaired) electrons. The highest BCUT2D eigenvalue weighted by molar-refractivity contribution is 7.10. The Balaban J connectivity index is 1.88. The molecule has 2 heterocycles. The van der Waals surface area contributed by atoms with Crippen molar-refractivity contribution < 1.29 is 4.79 Å². The van der Waals surface area contributed by atoms with Crippen LogP contribution in [0, 0.1) is 6.92 Å². The predicted octanol–water partition coefficient (Wildman–Crippen LogP) is 1.18. The number of nitrogens with two attached hydrogens (primary N) is 1. The minimum absolute atomic E-state index is 0.374. The number of primary amides is 1. The molecule has 18 heavy (non-hydrogen) atoms. The predicted molar refractivity (Wildman–Crippen MR) is 71.3 cm³/mol. The Hall–Kier alpha value is -1.66. The van der Waals surface area contributed by atoms with E-state index in [-0.39, 0.29) is 5.91 Å². The molecular formula is C12H16N4OS. The maximum atomic E-state index is 11.0. The molecule has 0 fully saturated rings. The molecule has 0 aliphatic carbocycles. The van der Waals surface area contributed by atoms with E-state index in [9.17, 15) is 4.79 Å². The molecule has 2 aromatic heterocycles. The van der Waals surface area contributed by atoms with E-state index in [1.54, 1.807) is 5.38 Å². The summed E-state index contributed by atoms with van der Waals surface area (Å²) < 4.78 is 1.85. The van der Waals surface area contributed by atoms with Crippen molar-refractivity contribution in [3.05, 3.63) is 39.3 Å². The first-order valence-corrected chi connectivity index (χ1v) is 6.51. The number of aryl methyl sites for hydroxylation is 1. The van der Waals surface area contributed by atoms with Gasteiger partial charge in [0.2, 0.25) is 5.91 Å². The molecule has 96 valence electrons. The summed E-state index contributed by atoms with van der Waals surface area (Å²) in [5.74, 6) is -0.374. The van der Waals surface area contributed by atoms with Crippen molar-refractivity contribution in [1.29, 1.82) is 0 Å². The number of carbonyl (C=O) groups is 1. The lowest BCUT2D eigenvalue weighted by Gasteiger charge is -2.02. The van der Waals surface area contributed by atoms with E-state index in [1.807, 2.05) is 30.9 Å². The fourth-order valence-electron chi connectivity index (χ4n) is 1.64. The molecule has 0 unspecified atom stereocenters. The van der Waals surface area contributed by atoms with Crippen LogP contribution in [0.3, 0.4) is 0 Å². The van der Waals surface area contributed by atoms with Crippen LogP contribution in [-0.2, 0) is 20.1 Å². The normalized spacial score (nSPS) is 10.8. The second-order valence-corrected chi connectivity index (χ2v) is 5.14. The molecule has 6 heteroatoms. The van der Waals surface area contributed by atoms with Gasteiger partial charge in [-0.25, -0.2) is 0 Å². The van der Waals surface area contributed by atoms with Gasteiger partial charge in [0.05, 0.1) is 11.8 Å². The third kappa shape index (κ3) is 2.77. The number of aromatic nitrogens is 2. The summed E-state index contributed by atoms with van der Waals surface area (Å²) in [6, 6.07) is 1.83. The lowest BCUT2D eigenvalue weighted by atomic mass is 10.2. The standard InChI is InChI=1S/C12H16N4OS/c1-8-10(5-15-16(8)2)4-14-6-11-3-9(7-18-11)12(13)17/h3,5,7,14H,4,6H2,1-2H3,(H2,13,17). The van der Waals surface area contributed by atoms with Gasteiger partial charge in [0.1, 0.15) is 0 Å². The van der Waals surface area contributed by atoms with E-state index in [0.29, 0.717) is 5.56 Å². The van der Waals surface area contributed by atoms with Crippen molar-refractivity contribution in [1.82, 2.24) is 15.1 Å². The van der Waals surface area contributed by atoms with Gasteiger partial charge in [0.25, 0.3) is 0 Å². The zero-order chi connectivity index (χ0) is 13.1. The average molecular weight is 264 g/mol.